The SMILES string of the molecule is CCOc1cc(/C=N/NC(=O)Nc2ccccc2)cc(Br)c1OCCOc1ccc(C)c(C)c1. The lowest BCUT2D eigenvalue weighted by Gasteiger charge is -2.15. The fourth-order valence-electron chi connectivity index (χ4n) is 3.02. The molecule has 0 radical (unpaired) electrons. The van der Waals surface area contributed by atoms with Crippen LogP contribution >= 0.6 is 15.9 Å². The highest BCUT2D eigenvalue weighted by Gasteiger charge is 2.12. The van der Waals surface area contributed by atoms with Crippen molar-refractivity contribution in [1.82, 2.24) is 5.43 Å². The highest BCUT2D eigenvalue weighted by Crippen LogP contribution is 2.36. The van der Waals surface area contributed by atoms with Crippen molar-refractivity contribution < 1.29 is 19.0 Å². The zero-order valence-electron chi connectivity index (χ0n) is 19.4. The van der Waals surface area contributed by atoms with Crippen molar-refractivity contribution in [2.75, 3.05) is 25.1 Å². The fourth-order valence-corrected chi connectivity index (χ4v) is 3.59. The summed E-state index contributed by atoms with van der Waals surface area (Å²) in [6.07, 6.45) is 1.53. The van der Waals surface area contributed by atoms with E-state index in [4.69, 9.17) is 14.2 Å². The Balaban J connectivity index is 1.57. The third-order valence-electron chi connectivity index (χ3n) is 4.82. The first-order valence-corrected chi connectivity index (χ1v) is 11.7. The van der Waals surface area contributed by atoms with Gasteiger partial charge in [-0.2, -0.15) is 5.10 Å². The molecule has 0 fully saturated rings. The summed E-state index contributed by atoms with van der Waals surface area (Å²) in [6, 6.07) is 18.3. The molecule has 0 aliphatic carbocycles. The minimum absolute atomic E-state index is 0.347. The van der Waals surface area contributed by atoms with Crippen LogP contribution in [-0.4, -0.2) is 32.1 Å². The summed E-state index contributed by atoms with van der Waals surface area (Å²) < 4.78 is 18.2. The van der Waals surface area contributed by atoms with Crippen LogP contribution in [0, 0.1) is 13.8 Å². The Morgan fingerprint density at radius 3 is 2.47 bits per heavy atom. The second kappa shape index (κ2) is 12.6. The van der Waals surface area contributed by atoms with Gasteiger partial charge in [-0.15, -0.1) is 0 Å². The number of aryl methyl sites for hydroxylation is 2. The average Bonchev–Trinajstić information content (AvgIpc) is 2.81. The Morgan fingerprint density at radius 2 is 1.74 bits per heavy atom. The molecular weight excluding hydrogens is 498 g/mol. The molecule has 3 aromatic rings. The number of para-hydroxylation sites is 1. The van der Waals surface area contributed by atoms with Gasteiger partial charge < -0.3 is 19.5 Å². The van der Waals surface area contributed by atoms with Gasteiger partial charge in [0.15, 0.2) is 11.5 Å². The van der Waals surface area contributed by atoms with Crippen molar-refractivity contribution in [3.63, 3.8) is 0 Å². The second-order valence-corrected chi connectivity index (χ2v) is 8.25. The number of rotatable bonds is 10. The van der Waals surface area contributed by atoms with E-state index in [-0.39, 0.29) is 0 Å². The third-order valence-corrected chi connectivity index (χ3v) is 5.41. The number of urea groups is 1. The average molecular weight is 526 g/mol. The quantitative estimate of drug-likeness (QED) is 0.191. The monoisotopic (exact) mass is 525 g/mol. The van der Waals surface area contributed by atoms with Gasteiger partial charge in [0, 0.05) is 5.69 Å². The van der Waals surface area contributed by atoms with Crippen molar-refractivity contribution in [1.29, 1.82) is 0 Å². The topological polar surface area (TPSA) is 81.2 Å². The third kappa shape index (κ3) is 7.52. The summed E-state index contributed by atoms with van der Waals surface area (Å²) >= 11 is 3.54. The first kappa shape index (κ1) is 25.1. The van der Waals surface area contributed by atoms with E-state index in [2.05, 4.69) is 45.6 Å². The molecule has 34 heavy (non-hydrogen) atoms. The number of nitrogens with one attached hydrogen (secondary N) is 2. The van der Waals surface area contributed by atoms with Gasteiger partial charge in [-0.05, 0) is 89.8 Å². The maximum absolute atomic E-state index is 12.0. The lowest BCUT2D eigenvalue weighted by molar-refractivity contribution is 0.207. The van der Waals surface area contributed by atoms with Crippen molar-refractivity contribution in [2.45, 2.75) is 20.8 Å². The minimum Gasteiger partial charge on any atom is -0.490 e. The molecule has 0 aromatic heterocycles. The van der Waals surface area contributed by atoms with Crippen molar-refractivity contribution >= 4 is 33.9 Å². The first-order valence-electron chi connectivity index (χ1n) is 10.9. The molecule has 0 saturated heterocycles. The van der Waals surface area contributed by atoms with E-state index in [1.807, 2.05) is 49.4 Å². The smallest absolute Gasteiger partial charge is 0.339 e. The lowest BCUT2D eigenvalue weighted by Crippen LogP contribution is -2.24. The molecule has 8 heteroatoms. The van der Waals surface area contributed by atoms with E-state index < -0.39 is 6.03 Å². The zero-order valence-corrected chi connectivity index (χ0v) is 21.0. The van der Waals surface area contributed by atoms with E-state index in [1.165, 1.54) is 17.3 Å². The summed E-state index contributed by atoms with van der Waals surface area (Å²) in [6.45, 7) is 7.24. The minimum atomic E-state index is -0.435. The van der Waals surface area contributed by atoms with Gasteiger partial charge in [-0.3, -0.25) is 0 Å². The van der Waals surface area contributed by atoms with Gasteiger partial charge in [-0.1, -0.05) is 24.3 Å². The molecule has 0 aliphatic rings. The van der Waals surface area contributed by atoms with E-state index in [0.717, 1.165) is 11.3 Å². The summed E-state index contributed by atoms with van der Waals surface area (Å²) in [5, 5.41) is 6.70. The van der Waals surface area contributed by atoms with Crippen LogP contribution in [-0.2, 0) is 0 Å². The van der Waals surface area contributed by atoms with Gasteiger partial charge >= 0.3 is 6.03 Å². The number of halogens is 1. The molecule has 0 bridgehead atoms. The molecule has 7 nitrogen and oxygen atoms in total. The van der Waals surface area contributed by atoms with Crippen LogP contribution < -0.4 is 25.0 Å². The Bertz CT molecular complexity index is 1140. The normalized spacial score (nSPS) is 10.7. The number of amides is 2. The number of carbonyl (C=O) groups is 1. The number of carbonyl (C=O) groups excluding carboxylic acids is 1. The van der Waals surface area contributed by atoms with Crippen molar-refractivity contribution in [3.8, 4) is 17.2 Å². The van der Waals surface area contributed by atoms with Gasteiger partial charge in [0.05, 0.1) is 17.3 Å². The van der Waals surface area contributed by atoms with Crippen LogP contribution in [0.15, 0.2) is 70.2 Å². The Morgan fingerprint density at radius 1 is 0.971 bits per heavy atom. The molecule has 0 saturated carbocycles. The number of benzene rings is 3. The number of hydrogen-bond acceptors (Lipinski definition) is 5. The zero-order chi connectivity index (χ0) is 24.3. The first-order chi connectivity index (χ1) is 16.5. The van der Waals surface area contributed by atoms with Crippen LogP contribution in [0.25, 0.3) is 0 Å². The molecule has 0 aliphatic heterocycles. The highest BCUT2D eigenvalue weighted by atomic mass is 79.9. The molecule has 0 unspecified atom stereocenters. The van der Waals surface area contributed by atoms with E-state index in [0.29, 0.717) is 41.5 Å². The summed E-state index contributed by atoms with van der Waals surface area (Å²) in [4.78, 5) is 12.0. The summed E-state index contributed by atoms with van der Waals surface area (Å²) in [7, 11) is 0. The van der Waals surface area contributed by atoms with E-state index in [1.54, 1.807) is 18.2 Å². The molecule has 3 aromatic carbocycles. The maximum atomic E-state index is 12.0. The Kier molecular flexibility index (Phi) is 9.34. The van der Waals surface area contributed by atoms with Crippen LogP contribution in [0.2, 0.25) is 0 Å². The van der Waals surface area contributed by atoms with Gasteiger partial charge in [-0.25, -0.2) is 10.2 Å². The summed E-state index contributed by atoms with van der Waals surface area (Å²) in [5.41, 5.74) is 6.27. The molecule has 178 valence electrons. The molecule has 0 atom stereocenters. The lowest BCUT2D eigenvalue weighted by atomic mass is 10.1. The number of hydrogen-bond donors (Lipinski definition) is 2. The largest absolute Gasteiger partial charge is 0.490 e. The van der Waals surface area contributed by atoms with Crippen molar-refractivity contribution in [2.24, 2.45) is 5.10 Å². The van der Waals surface area contributed by atoms with Gasteiger partial charge in [0.25, 0.3) is 0 Å². The number of anilines is 1. The Hall–Kier alpha value is -3.52. The Labute approximate surface area is 208 Å². The van der Waals surface area contributed by atoms with Crippen LogP contribution in [0.1, 0.15) is 23.6 Å². The fraction of sp³-hybridized carbons (Fsp3) is 0.231. The predicted molar refractivity (Wildman–Crippen MR) is 138 cm³/mol. The predicted octanol–water partition coefficient (Wildman–Crippen LogP) is 6.08. The summed E-state index contributed by atoms with van der Waals surface area (Å²) in [5.74, 6) is 1.96. The molecule has 0 spiro atoms. The van der Waals surface area contributed by atoms with E-state index >= 15 is 0 Å². The standard InChI is InChI=1S/C26H28BrN3O4/c1-4-32-24-16-20(17-28-30-26(31)29-21-8-6-5-7-9-21)15-23(27)25(24)34-13-12-33-22-11-10-18(2)19(3)14-22/h5-11,14-17H,4,12-13H2,1-3H3,(H2,29,30,31)/b28-17+. The molecule has 2 N–H and O–H groups in total. The van der Waals surface area contributed by atoms with E-state index in [9.17, 15) is 4.79 Å². The molecule has 2 amide bonds. The molecule has 0 heterocycles. The number of ether oxygens (including phenoxy) is 3. The van der Waals surface area contributed by atoms with Gasteiger partial charge in [0.1, 0.15) is 19.0 Å². The number of hydrazone groups is 1. The number of nitrogens with zero attached hydrogens (tertiary/aromatic N) is 1. The maximum Gasteiger partial charge on any atom is 0.339 e. The van der Waals surface area contributed by atoms with Gasteiger partial charge in [0.2, 0.25) is 0 Å². The van der Waals surface area contributed by atoms with Crippen LogP contribution in [0.4, 0.5) is 10.5 Å². The van der Waals surface area contributed by atoms with Crippen molar-refractivity contribution in [3.05, 3.63) is 81.8 Å². The second-order valence-electron chi connectivity index (χ2n) is 7.40. The van der Waals surface area contributed by atoms with Crippen LogP contribution in [0.5, 0.6) is 17.2 Å². The highest BCUT2D eigenvalue weighted by molar-refractivity contribution is 9.10. The molecule has 3 rings (SSSR count). The molecular formula is C26H28BrN3O4. The van der Waals surface area contributed by atoms with Crippen LogP contribution in [0.3, 0.4) is 0 Å².